The topological polar surface area (TPSA) is 82.8 Å². The van der Waals surface area contributed by atoms with Crippen molar-refractivity contribution in [3.8, 4) is 0 Å². The van der Waals surface area contributed by atoms with Crippen molar-refractivity contribution in [2.75, 3.05) is 5.73 Å². The molecule has 2 aromatic heterocycles. The SMILES string of the molecule is Nc1nc2ccccc2n1CCc1cccc2nonc12. The van der Waals surface area contributed by atoms with E-state index in [1.807, 2.05) is 47.0 Å². The van der Waals surface area contributed by atoms with Crippen LogP contribution in [0.5, 0.6) is 0 Å². The number of benzene rings is 2. The molecule has 0 amide bonds. The second-order valence-electron chi connectivity index (χ2n) is 4.91. The van der Waals surface area contributed by atoms with Gasteiger partial charge < -0.3 is 10.3 Å². The van der Waals surface area contributed by atoms with Crippen molar-refractivity contribution >= 4 is 28.0 Å². The molecule has 0 aliphatic rings. The molecule has 2 heterocycles. The Kier molecular flexibility index (Phi) is 2.60. The van der Waals surface area contributed by atoms with Gasteiger partial charge in [0.05, 0.1) is 11.0 Å². The Balaban J connectivity index is 1.70. The molecule has 0 aliphatic heterocycles. The first-order valence-corrected chi connectivity index (χ1v) is 6.74. The normalized spacial score (nSPS) is 11.4. The molecule has 6 heteroatoms. The summed E-state index contributed by atoms with van der Waals surface area (Å²) in [6, 6.07) is 13.8. The number of aromatic nitrogens is 4. The molecule has 2 N–H and O–H groups in total. The number of aryl methyl sites for hydroxylation is 2. The summed E-state index contributed by atoms with van der Waals surface area (Å²) in [6.07, 6.45) is 0.788. The summed E-state index contributed by atoms with van der Waals surface area (Å²) in [5, 5.41) is 7.82. The van der Waals surface area contributed by atoms with Gasteiger partial charge in [0.2, 0.25) is 5.95 Å². The average molecular weight is 279 g/mol. The van der Waals surface area contributed by atoms with E-state index < -0.39 is 0 Å². The number of para-hydroxylation sites is 2. The fourth-order valence-corrected chi connectivity index (χ4v) is 2.63. The van der Waals surface area contributed by atoms with Crippen molar-refractivity contribution in [1.82, 2.24) is 19.9 Å². The lowest BCUT2D eigenvalue weighted by Crippen LogP contribution is -2.06. The van der Waals surface area contributed by atoms with Crippen LogP contribution in [-0.4, -0.2) is 19.9 Å². The highest BCUT2D eigenvalue weighted by atomic mass is 16.6. The minimum atomic E-state index is 0.529. The number of nitrogens with zero attached hydrogens (tertiary/aromatic N) is 4. The van der Waals surface area contributed by atoms with Crippen LogP contribution in [0.4, 0.5) is 5.95 Å². The smallest absolute Gasteiger partial charge is 0.201 e. The van der Waals surface area contributed by atoms with E-state index in [1.54, 1.807) is 0 Å². The third kappa shape index (κ3) is 1.92. The number of rotatable bonds is 3. The van der Waals surface area contributed by atoms with Gasteiger partial charge in [-0.05, 0) is 40.5 Å². The molecule has 6 nitrogen and oxygen atoms in total. The molecule has 104 valence electrons. The van der Waals surface area contributed by atoms with Gasteiger partial charge in [0.15, 0.2) is 0 Å². The van der Waals surface area contributed by atoms with Gasteiger partial charge in [-0.2, -0.15) is 0 Å². The van der Waals surface area contributed by atoms with Gasteiger partial charge in [-0.1, -0.05) is 24.3 Å². The molecular weight excluding hydrogens is 266 g/mol. The second kappa shape index (κ2) is 4.59. The van der Waals surface area contributed by atoms with E-state index in [9.17, 15) is 0 Å². The highest BCUT2D eigenvalue weighted by Crippen LogP contribution is 2.20. The molecule has 0 saturated heterocycles. The molecule has 2 aromatic carbocycles. The standard InChI is InChI=1S/C15H13N5O/c16-15-17-11-5-1-2-7-13(11)20(15)9-8-10-4-3-6-12-14(10)19-21-18-12/h1-7H,8-9H2,(H2,16,17). The summed E-state index contributed by atoms with van der Waals surface area (Å²) in [6.45, 7) is 0.734. The highest BCUT2D eigenvalue weighted by Gasteiger charge is 2.10. The van der Waals surface area contributed by atoms with E-state index in [0.717, 1.165) is 40.6 Å². The van der Waals surface area contributed by atoms with Crippen LogP contribution in [0.15, 0.2) is 47.1 Å². The molecular formula is C15H13N5O. The van der Waals surface area contributed by atoms with Crippen LogP contribution in [0.1, 0.15) is 5.56 Å². The van der Waals surface area contributed by atoms with Crippen molar-refractivity contribution in [3.05, 3.63) is 48.0 Å². The Bertz CT molecular complexity index is 924. The molecule has 0 aliphatic carbocycles. The van der Waals surface area contributed by atoms with E-state index in [4.69, 9.17) is 10.4 Å². The molecule has 4 rings (SSSR count). The summed E-state index contributed by atoms with van der Waals surface area (Å²) in [4.78, 5) is 4.37. The largest absolute Gasteiger partial charge is 0.369 e. The fraction of sp³-hybridized carbons (Fsp3) is 0.133. The summed E-state index contributed by atoms with van der Waals surface area (Å²) >= 11 is 0. The van der Waals surface area contributed by atoms with E-state index in [2.05, 4.69) is 15.3 Å². The van der Waals surface area contributed by atoms with E-state index in [0.29, 0.717) is 5.95 Å². The minimum absolute atomic E-state index is 0.529. The lowest BCUT2D eigenvalue weighted by molar-refractivity contribution is 0.315. The van der Waals surface area contributed by atoms with Gasteiger partial charge in [0.1, 0.15) is 11.0 Å². The van der Waals surface area contributed by atoms with Crippen molar-refractivity contribution in [2.45, 2.75) is 13.0 Å². The molecule has 0 atom stereocenters. The second-order valence-corrected chi connectivity index (χ2v) is 4.91. The minimum Gasteiger partial charge on any atom is -0.369 e. The Morgan fingerprint density at radius 2 is 1.86 bits per heavy atom. The quantitative estimate of drug-likeness (QED) is 0.622. The van der Waals surface area contributed by atoms with E-state index in [1.165, 1.54) is 0 Å². The Morgan fingerprint density at radius 3 is 2.81 bits per heavy atom. The van der Waals surface area contributed by atoms with Crippen molar-refractivity contribution in [2.24, 2.45) is 0 Å². The zero-order valence-corrected chi connectivity index (χ0v) is 11.2. The van der Waals surface area contributed by atoms with Crippen LogP contribution >= 0.6 is 0 Å². The first kappa shape index (κ1) is 11.9. The lowest BCUT2D eigenvalue weighted by Gasteiger charge is -2.06. The van der Waals surface area contributed by atoms with E-state index in [-0.39, 0.29) is 0 Å². The highest BCUT2D eigenvalue weighted by molar-refractivity contribution is 5.78. The molecule has 0 spiro atoms. The number of hydrogen-bond acceptors (Lipinski definition) is 5. The number of nitrogen functional groups attached to an aromatic ring is 1. The van der Waals surface area contributed by atoms with Crippen LogP contribution in [-0.2, 0) is 13.0 Å². The molecule has 0 saturated carbocycles. The molecule has 21 heavy (non-hydrogen) atoms. The Morgan fingerprint density at radius 1 is 1.00 bits per heavy atom. The van der Waals surface area contributed by atoms with Crippen LogP contribution in [0.2, 0.25) is 0 Å². The van der Waals surface area contributed by atoms with Crippen LogP contribution in [0.3, 0.4) is 0 Å². The first-order chi connectivity index (χ1) is 10.3. The zero-order chi connectivity index (χ0) is 14.2. The maximum absolute atomic E-state index is 6.02. The van der Waals surface area contributed by atoms with Crippen LogP contribution < -0.4 is 5.73 Å². The van der Waals surface area contributed by atoms with Crippen molar-refractivity contribution in [1.29, 1.82) is 0 Å². The fourth-order valence-electron chi connectivity index (χ4n) is 2.63. The van der Waals surface area contributed by atoms with Crippen LogP contribution in [0.25, 0.3) is 22.1 Å². The van der Waals surface area contributed by atoms with Gasteiger partial charge in [-0.3, -0.25) is 0 Å². The summed E-state index contributed by atoms with van der Waals surface area (Å²) < 4.78 is 6.81. The summed E-state index contributed by atoms with van der Waals surface area (Å²) in [5.41, 5.74) is 10.6. The maximum Gasteiger partial charge on any atom is 0.201 e. The number of anilines is 1. The predicted molar refractivity (Wildman–Crippen MR) is 79.7 cm³/mol. The van der Waals surface area contributed by atoms with E-state index >= 15 is 0 Å². The number of fused-ring (bicyclic) bond motifs is 2. The number of imidazole rings is 1. The van der Waals surface area contributed by atoms with Gasteiger partial charge in [0, 0.05) is 6.54 Å². The molecule has 0 radical (unpaired) electrons. The van der Waals surface area contributed by atoms with Gasteiger partial charge in [-0.25, -0.2) is 9.61 Å². The van der Waals surface area contributed by atoms with Crippen molar-refractivity contribution in [3.63, 3.8) is 0 Å². The predicted octanol–water partition coefficient (Wildman–Crippen LogP) is 2.40. The average Bonchev–Trinajstić information content (AvgIpc) is 3.09. The molecule has 0 bridgehead atoms. The maximum atomic E-state index is 6.02. The van der Waals surface area contributed by atoms with Gasteiger partial charge >= 0.3 is 0 Å². The number of hydrogen-bond donors (Lipinski definition) is 1. The number of nitrogens with two attached hydrogens (primary N) is 1. The van der Waals surface area contributed by atoms with Crippen molar-refractivity contribution < 1.29 is 4.63 Å². The Labute approximate surface area is 120 Å². The van der Waals surface area contributed by atoms with Crippen LogP contribution in [0, 0.1) is 0 Å². The monoisotopic (exact) mass is 279 g/mol. The van der Waals surface area contributed by atoms with Gasteiger partial charge in [0.25, 0.3) is 0 Å². The molecule has 4 aromatic rings. The Hall–Kier alpha value is -2.89. The molecule has 0 fully saturated rings. The third-order valence-corrected chi connectivity index (χ3v) is 3.66. The third-order valence-electron chi connectivity index (χ3n) is 3.66. The zero-order valence-electron chi connectivity index (χ0n) is 11.2. The summed E-state index contributed by atoms with van der Waals surface area (Å²) in [5.74, 6) is 0.529. The van der Waals surface area contributed by atoms with Gasteiger partial charge in [-0.15, -0.1) is 0 Å². The lowest BCUT2D eigenvalue weighted by atomic mass is 10.1. The first-order valence-electron chi connectivity index (χ1n) is 6.74. The summed E-state index contributed by atoms with van der Waals surface area (Å²) in [7, 11) is 0. The molecule has 0 unspecified atom stereocenters.